The molecule has 0 bridgehead atoms. The summed E-state index contributed by atoms with van der Waals surface area (Å²) in [5.41, 5.74) is 0. The second-order valence-corrected chi connectivity index (χ2v) is 3.90. The van der Waals surface area contributed by atoms with E-state index in [4.69, 9.17) is 0 Å². The quantitative estimate of drug-likeness (QED) is 0.758. The van der Waals surface area contributed by atoms with E-state index in [0.717, 1.165) is 19.3 Å². The van der Waals surface area contributed by atoms with Crippen molar-refractivity contribution in [2.24, 2.45) is 5.92 Å². The maximum Gasteiger partial charge on any atom is 0.471 e. The Hall–Kier alpha value is -0.740. The van der Waals surface area contributed by atoms with Crippen LogP contribution in [-0.4, -0.2) is 18.1 Å². The van der Waals surface area contributed by atoms with E-state index in [0.29, 0.717) is 12.3 Å². The molecule has 1 N–H and O–H groups in total. The lowest BCUT2D eigenvalue weighted by Crippen LogP contribution is -2.42. The summed E-state index contributed by atoms with van der Waals surface area (Å²) in [6.07, 6.45) is -0.793. The summed E-state index contributed by atoms with van der Waals surface area (Å²) in [5.74, 6) is -1.33. The number of rotatable bonds is 3. The van der Waals surface area contributed by atoms with Gasteiger partial charge in [-0.1, -0.05) is 19.3 Å². The van der Waals surface area contributed by atoms with Crippen LogP contribution in [0.5, 0.6) is 0 Å². The summed E-state index contributed by atoms with van der Waals surface area (Å²) >= 11 is 0. The zero-order valence-corrected chi connectivity index (χ0v) is 8.03. The molecule has 0 aromatic heterocycles. The number of carbonyl (C=O) groups is 1. The van der Waals surface area contributed by atoms with Crippen LogP contribution in [0.1, 0.15) is 32.6 Å². The van der Waals surface area contributed by atoms with Crippen LogP contribution in [0.3, 0.4) is 0 Å². The summed E-state index contributed by atoms with van der Waals surface area (Å²) in [6, 6.07) is -0.380. The maximum atomic E-state index is 11.8. The Morgan fingerprint density at radius 3 is 2.43 bits per heavy atom. The lowest BCUT2D eigenvalue weighted by atomic mass is 9.81. The van der Waals surface area contributed by atoms with E-state index < -0.39 is 12.1 Å². The van der Waals surface area contributed by atoms with Gasteiger partial charge in [0.25, 0.3) is 0 Å². The molecule has 0 aromatic carbocycles. The predicted molar refractivity (Wildman–Crippen MR) is 45.6 cm³/mol. The molecule has 0 unspecified atom stereocenters. The van der Waals surface area contributed by atoms with E-state index in [9.17, 15) is 18.0 Å². The van der Waals surface area contributed by atoms with Crippen LogP contribution in [0, 0.1) is 5.92 Å². The molecular formula is C9H14F3NO. The molecular weight excluding hydrogens is 195 g/mol. The summed E-state index contributed by atoms with van der Waals surface area (Å²) in [7, 11) is 0. The monoisotopic (exact) mass is 209 g/mol. The molecule has 1 amide bonds. The van der Waals surface area contributed by atoms with Crippen molar-refractivity contribution >= 4 is 5.91 Å². The molecule has 82 valence electrons. The SMILES string of the molecule is C[C@H](CC1CCC1)NC(=O)C(F)(F)F. The third-order valence-electron chi connectivity index (χ3n) is 2.55. The topological polar surface area (TPSA) is 29.1 Å². The minimum Gasteiger partial charge on any atom is -0.346 e. The Morgan fingerprint density at radius 2 is 2.07 bits per heavy atom. The molecule has 0 spiro atoms. The van der Waals surface area contributed by atoms with Crippen LogP contribution in [0.25, 0.3) is 0 Å². The van der Waals surface area contributed by atoms with E-state index in [1.807, 2.05) is 5.32 Å². The number of hydrogen-bond acceptors (Lipinski definition) is 1. The standard InChI is InChI=1S/C9H14F3NO/c1-6(5-7-3-2-4-7)13-8(14)9(10,11)12/h6-7H,2-5H2,1H3,(H,13,14)/t6-/m1/s1. The molecule has 1 saturated carbocycles. The van der Waals surface area contributed by atoms with Gasteiger partial charge in [0.05, 0.1) is 0 Å². The van der Waals surface area contributed by atoms with Gasteiger partial charge in [0.2, 0.25) is 0 Å². The highest BCUT2D eigenvalue weighted by Gasteiger charge is 2.39. The fourth-order valence-corrected chi connectivity index (χ4v) is 1.59. The highest BCUT2D eigenvalue weighted by molar-refractivity contribution is 5.81. The van der Waals surface area contributed by atoms with Gasteiger partial charge in [-0.2, -0.15) is 13.2 Å². The van der Waals surface area contributed by atoms with Gasteiger partial charge < -0.3 is 5.32 Å². The second kappa shape index (κ2) is 4.19. The molecule has 14 heavy (non-hydrogen) atoms. The van der Waals surface area contributed by atoms with Crippen LogP contribution < -0.4 is 5.32 Å². The Labute approximate surface area is 80.9 Å². The Bertz CT molecular complexity index is 211. The van der Waals surface area contributed by atoms with Crippen LogP contribution in [0.4, 0.5) is 13.2 Å². The van der Waals surface area contributed by atoms with Crippen LogP contribution >= 0.6 is 0 Å². The van der Waals surface area contributed by atoms with E-state index in [1.165, 1.54) is 0 Å². The van der Waals surface area contributed by atoms with Crippen LogP contribution in [-0.2, 0) is 4.79 Å². The number of alkyl halides is 3. The van der Waals surface area contributed by atoms with Crippen molar-refractivity contribution in [3.8, 4) is 0 Å². The third-order valence-corrected chi connectivity index (χ3v) is 2.55. The molecule has 0 aliphatic heterocycles. The molecule has 0 heterocycles. The summed E-state index contributed by atoms with van der Waals surface area (Å²) in [5, 5.41) is 1.96. The molecule has 0 saturated heterocycles. The Morgan fingerprint density at radius 1 is 1.50 bits per heavy atom. The van der Waals surface area contributed by atoms with Crippen molar-refractivity contribution < 1.29 is 18.0 Å². The number of halogens is 3. The van der Waals surface area contributed by atoms with Crippen molar-refractivity contribution in [1.82, 2.24) is 5.32 Å². The van der Waals surface area contributed by atoms with Crippen molar-refractivity contribution in [3.63, 3.8) is 0 Å². The van der Waals surface area contributed by atoms with Crippen LogP contribution in [0.2, 0.25) is 0 Å². The first-order chi connectivity index (χ1) is 6.39. The van der Waals surface area contributed by atoms with Gasteiger partial charge in [-0.3, -0.25) is 4.79 Å². The van der Waals surface area contributed by atoms with Gasteiger partial charge in [-0.15, -0.1) is 0 Å². The molecule has 2 nitrogen and oxygen atoms in total. The van der Waals surface area contributed by atoms with Crippen molar-refractivity contribution in [3.05, 3.63) is 0 Å². The highest BCUT2D eigenvalue weighted by Crippen LogP contribution is 2.30. The number of hydrogen-bond donors (Lipinski definition) is 1. The van der Waals surface area contributed by atoms with Gasteiger partial charge in [0, 0.05) is 6.04 Å². The van der Waals surface area contributed by atoms with Gasteiger partial charge >= 0.3 is 12.1 Å². The number of nitrogens with one attached hydrogen (secondary N) is 1. The normalized spacial score (nSPS) is 20.0. The van der Waals surface area contributed by atoms with E-state index in [1.54, 1.807) is 6.92 Å². The predicted octanol–water partition coefficient (Wildman–Crippen LogP) is 2.24. The summed E-state index contributed by atoms with van der Waals surface area (Å²) < 4.78 is 35.5. The van der Waals surface area contributed by atoms with Gasteiger partial charge in [0.1, 0.15) is 0 Å². The minimum absolute atomic E-state index is 0.380. The van der Waals surface area contributed by atoms with Gasteiger partial charge in [0.15, 0.2) is 0 Å². The maximum absolute atomic E-state index is 11.8. The average Bonchev–Trinajstić information content (AvgIpc) is 1.95. The van der Waals surface area contributed by atoms with E-state index in [2.05, 4.69) is 0 Å². The summed E-state index contributed by atoms with van der Waals surface area (Å²) in [4.78, 5) is 10.5. The second-order valence-electron chi connectivity index (χ2n) is 3.90. The highest BCUT2D eigenvalue weighted by atomic mass is 19.4. The minimum atomic E-state index is -4.76. The zero-order chi connectivity index (χ0) is 10.8. The fraction of sp³-hybridized carbons (Fsp3) is 0.889. The molecule has 1 rings (SSSR count). The van der Waals surface area contributed by atoms with Crippen molar-refractivity contribution in [1.29, 1.82) is 0 Å². The fourth-order valence-electron chi connectivity index (χ4n) is 1.59. The Kier molecular flexibility index (Phi) is 3.39. The first kappa shape index (κ1) is 11.3. The van der Waals surface area contributed by atoms with Crippen molar-refractivity contribution in [2.45, 2.75) is 44.8 Å². The van der Waals surface area contributed by atoms with Gasteiger partial charge in [-0.25, -0.2) is 0 Å². The first-order valence-corrected chi connectivity index (χ1v) is 4.77. The van der Waals surface area contributed by atoms with Gasteiger partial charge in [-0.05, 0) is 19.3 Å². The molecule has 0 radical (unpaired) electrons. The van der Waals surface area contributed by atoms with Crippen LogP contribution in [0.15, 0.2) is 0 Å². The molecule has 1 atom stereocenters. The van der Waals surface area contributed by atoms with E-state index in [-0.39, 0.29) is 6.04 Å². The van der Waals surface area contributed by atoms with Crippen molar-refractivity contribution in [2.75, 3.05) is 0 Å². The molecule has 1 fully saturated rings. The lowest BCUT2D eigenvalue weighted by molar-refractivity contribution is -0.174. The number of amides is 1. The van der Waals surface area contributed by atoms with E-state index >= 15 is 0 Å². The molecule has 5 heteroatoms. The first-order valence-electron chi connectivity index (χ1n) is 4.77. The smallest absolute Gasteiger partial charge is 0.346 e. The third kappa shape index (κ3) is 3.20. The largest absolute Gasteiger partial charge is 0.471 e. The summed E-state index contributed by atoms with van der Waals surface area (Å²) in [6.45, 7) is 1.61. The zero-order valence-electron chi connectivity index (χ0n) is 8.03. The molecule has 1 aliphatic rings. The number of carbonyl (C=O) groups excluding carboxylic acids is 1. The lowest BCUT2D eigenvalue weighted by Gasteiger charge is -2.28. The molecule has 0 aromatic rings. The Balaban J connectivity index is 2.25. The molecule has 1 aliphatic carbocycles. The average molecular weight is 209 g/mol.